The summed E-state index contributed by atoms with van der Waals surface area (Å²) >= 11 is 0. The fourth-order valence-corrected chi connectivity index (χ4v) is 2.69. The maximum atomic E-state index is 12.3. The van der Waals surface area contributed by atoms with E-state index in [1.54, 1.807) is 43.3 Å². The second-order valence-corrected chi connectivity index (χ2v) is 5.77. The molecule has 0 fully saturated rings. The smallest absolute Gasteiger partial charge is 0.203 e. The number of ether oxygens (including phenoxy) is 1. The van der Waals surface area contributed by atoms with Crippen molar-refractivity contribution in [2.45, 2.75) is 13.5 Å². The minimum absolute atomic E-state index is 0.0763. The molecule has 0 saturated carbocycles. The zero-order chi connectivity index (χ0) is 17.8. The van der Waals surface area contributed by atoms with Crippen molar-refractivity contribution in [1.82, 2.24) is 19.6 Å². The van der Waals surface area contributed by atoms with E-state index in [2.05, 4.69) is 10.2 Å². The number of carbonyl (C=O) groups excluding carboxylic acids is 1. The van der Waals surface area contributed by atoms with Crippen LogP contribution in [0.4, 0.5) is 0 Å². The first-order chi connectivity index (χ1) is 12.1. The van der Waals surface area contributed by atoms with Crippen molar-refractivity contribution in [2.75, 3.05) is 7.11 Å². The zero-order valence-corrected chi connectivity index (χ0v) is 14.5. The van der Waals surface area contributed by atoms with E-state index in [1.807, 2.05) is 42.1 Å². The Bertz CT molecular complexity index is 908. The van der Waals surface area contributed by atoms with Crippen molar-refractivity contribution in [1.29, 1.82) is 0 Å². The lowest BCUT2D eigenvalue weighted by Gasteiger charge is -2.09. The summed E-state index contributed by atoms with van der Waals surface area (Å²) in [6.45, 7) is 2.47. The molecule has 0 radical (unpaired) electrons. The van der Waals surface area contributed by atoms with Gasteiger partial charge in [0.1, 0.15) is 11.4 Å². The number of methoxy groups -OCH3 is 1. The van der Waals surface area contributed by atoms with E-state index in [0.29, 0.717) is 12.2 Å². The quantitative estimate of drug-likeness (QED) is 0.513. The number of allylic oxidation sites excluding steroid dienone is 1. The Kier molecular flexibility index (Phi) is 4.79. The molecular weight excluding hydrogens is 316 g/mol. The van der Waals surface area contributed by atoms with E-state index < -0.39 is 0 Å². The van der Waals surface area contributed by atoms with E-state index in [9.17, 15) is 4.79 Å². The van der Waals surface area contributed by atoms with Crippen LogP contribution >= 0.6 is 0 Å². The molecule has 0 unspecified atom stereocenters. The molecule has 25 heavy (non-hydrogen) atoms. The highest BCUT2D eigenvalue weighted by Crippen LogP contribution is 2.21. The summed E-state index contributed by atoms with van der Waals surface area (Å²) in [5.41, 5.74) is 3.32. The Labute approximate surface area is 146 Å². The number of benzene rings is 1. The van der Waals surface area contributed by atoms with Gasteiger partial charge in [-0.2, -0.15) is 10.2 Å². The molecule has 0 aliphatic heterocycles. The summed E-state index contributed by atoms with van der Waals surface area (Å²) < 4.78 is 8.84. The largest absolute Gasteiger partial charge is 0.496 e. The Morgan fingerprint density at radius 2 is 2.16 bits per heavy atom. The van der Waals surface area contributed by atoms with Crippen LogP contribution in [0, 0.1) is 6.92 Å². The van der Waals surface area contributed by atoms with Gasteiger partial charge in [-0.25, -0.2) is 0 Å². The Morgan fingerprint density at radius 1 is 1.32 bits per heavy atom. The summed E-state index contributed by atoms with van der Waals surface area (Å²) in [4.78, 5) is 12.3. The van der Waals surface area contributed by atoms with Gasteiger partial charge in [0.05, 0.1) is 19.3 Å². The number of carbonyl (C=O) groups is 1. The van der Waals surface area contributed by atoms with E-state index in [1.165, 1.54) is 0 Å². The highest BCUT2D eigenvalue weighted by Gasteiger charge is 2.09. The van der Waals surface area contributed by atoms with Gasteiger partial charge in [-0.15, -0.1) is 0 Å². The molecule has 2 heterocycles. The molecular formula is C19H20N4O2. The molecule has 0 aliphatic rings. The van der Waals surface area contributed by atoms with Gasteiger partial charge in [-0.05, 0) is 42.8 Å². The summed E-state index contributed by atoms with van der Waals surface area (Å²) in [5.74, 6) is 0.716. The molecule has 6 nitrogen and oxygen atoms in total. The van der Waals surface area contributed by atoms with Crippen LogP contribution < -0.4 is 4.74 Å². The summed E-state index contributed by atoms with van der Waals surface area (Å²) in [5, 5.41) is 8.42. The minimum Gasteiger partial charge on any atom is -0.496 e. The van der Waals surface area contributed by atoms with E-state index in [-0.39, 0.29) is 5.78 Å². The lowest BCUT2D eigenvalue weighted by molar-refractivity contribution is 0.103. The monoisotopic (exact) mass is 336 g/mol. The minimum atomic E-state index is -0.0763. The first-order valence-electron chi connectivity index (χ1n) is 7.94. The molecule has 3 rings (SSSR count). The summed E-state index contributed by atoms with van der Waals surface area (Å²) in [6.07, 6.45) is 7.01. The first kappa shape index (κ1) is 16.7. The number of rotatable bonds is 6. The predicted molar refractivity (Wildman–Crippen MR) is 95.6 cm³/mol. The van der Waals surface area contributed by atoms with Crippen LogP contribution in [0.2, 0.25) is 0 Å². The van der Waals surface area contributed by atoms with Gasteiger partial charge in [-0.1, -0.05) is 12.1 Å². The van der Waals surface area contributed by atoms with Crippen molar-refractivity contribution in [3.8, 4) is 5.75 Å². The molecule has 0 atom stereocenters. The maximum absolute atomic E-state index is 12.3. The molecule has 0 spiro atoms. The Balaban J connectivity index is 1.82. The predicted octanol–water partition coefficient (Wildman–Crippen LogP) is 2.88. The van der Waals surface area contributed by atoms with Crippen molar-refractivity contribution >= 4 is 11.9 Å². The molecule has 1 aromatic carbocycles. The van der Waals surface area contributed by atoms with Crippen molar-refractivity contribution in [3.63, 3.8) is 0 Å². The number of ketones is 1. The van der Waals surface area contributed by atoms with Gasteiger partial charge in [0.15, 0.2) is 0 Å². The first-order valence-corrected chi connectivity index (χ1v) is 7.94. The number of aryl methyl sites for hydroxylation is 2. The molecule has 2 aromatic heterocycles. The molecule has 0 amide bonds. The normalized spacial score (nSPS) is 11.2. The molecule has 0 aliphatic carbocycles. The van der Waals surface area contributed by atoms with Crippen LogP contribution in [-0.4, -0.2) is 32.5 Å². The number of aromatic nitrogens is 4. The van der Waals surface area contributed by atoms with Crippen LogP contribution in [0.15, 0.2) is 48.8 Å². The number of nitrogens with zero attached hydrogens (tertiary/aromatic N) is 4. The third-order valence-corrected chi connectivity index (χ3v) is 3.88. The van der Waals surface area contributed by atoms with Crippen LogP contribution in [0.25, 0.3) is 6.08 Å². The number of hydrogen-bond acceptors (Lipinski definition) is 4. The van der Waals surface area contributed by atoms with Crippen molar-refractivity contribution in [3.05, 3.63) is 71.3 Å². The van der Waals surface area contributed by atoms with Gasteiger partial charge < -0.3 is 4.74 Å². The second kappa shape index (κ2) is 7.17. The lowest BCUT2D eigenvalue weighted by atomic mass is 10.1. The van der Waals surface area contributed by atoms with Crippen LogP contribution in [0.1, 0.15) is 27.3 Å². The molecule has 0 N–H and O–H groups in total. The highest BCUT2D eigenvalue weighted by molar-refractivity contribution is 6.05. The molecule has 6 heteroatoms. The third-order valence-electron chi connectivity index (χ3n) is 3.88. The molecule has 0 saturated heterocycles. The molecule has 128 valence electrons. The molecule has 3 aromatic rings. The third kappa shape index (κ3) is 3.85. The van der Waals surface area contributed by atoms with Gasteiger partial charge in [0.2, 0.25) is 5.78 Å². The van der Waals surface area contributed by atoms with Gasteiger partial charge in [-0.3, -0.25) is 14.2 Å². The highest BCUT2D eigenvalue weighted by atomic mass is 16.5. The van der Waals surface area contributed by atoms with Crippen molar-refractivity contribution < 1.29 is 9.53 Å². The van der Waals surface area contributed by atoms with Crippen LogP contribution in [0.3, 0.4) is 0 Å². The SMILES string of the molecule is COc1ccc(/C=C/C(=O)c2cc(C)nn2C)cc1Cn1cccn1. The standard InChI is InChI=1S/C19H20N4O2/c1-14-11-17(22(2)21-14)18(24)7-5-15-6-8-19(25-3)16(12-15)13-23-10-4-9-20-23/h4-12H,13H2,1-3H3/b7-5+. The van der Waals surface area contributed by atoms with Crippen molar-refractivity contribution in [2.24, 2.45) is 7.05 Å². The fourth-order valence-electron chi connectivity index (χ4n) is 2.69. The second-order valence-electron chi connectivity index (χ2n) is 5.77. The topological polar surface area (TPSA) is 61.9 Å². The van der Waals surface area contributed by atoms with Gasteiger partial charge >= 0.3 is 0 Å². The van der Waals surface area contributed by atoms with Crippen LogP contribution in [-0.2, 0) is 13.6 Å². The van der Waals surface area contributed by atoms with E-state index >= 15 is 0 Å². The average Bonchev–Trinajstić information content (AvgIpc) is 3.22. The van der Waals surface area contributed by atoms with Gasteiger partial charge in [0.25, 0.3) is 0 Å². The zero-order valence-electron chi connectivity index (χ0n) is 14.5. The van der Waals surface area contributed by atoms with E-state index in [4.69, 9.17) is 4.74 Å². The Morgan fingerprint density at radius 3 is 2.80 bits per heavy atom. The number of hydrogen-bond donors (Lipinski definition) is 0. The fraction of sp³-hybridized carbons (Fsp3) is 0.211. The lowest BCUT2D eigenvalue weighted by Crippen LogP contribution is -2.04. The van der Waals surface area contributed by atoms with E-state index in [0.717, 1.165) is 22.6 Å². The van der Waals surface area contributed by atoms with Crippen LogP contribution in [0.5, 0.6) is 5.75 Å². The summed E-state index contributed by atoms with van der Waals surface area (Å²) in [7, 11) is 3.41. The average molecular weight is 336 g/mol. The Hall–Kier alpha value is -3.15. The maximum Gasteiger partial charge on any atom is 0.203 e. The van der Waals surface area contributed by atoms with Gasteiger partial charge in [0, 0.05) is 25.0 Å². The molecule has 0 bridgehead atoms. The summed E-state index contributed by atoms with van der Waals surface area (Å²) in [6, 6.07) is 9.48.